The maximum Gasteiger partial charge on any atom is 0.156 e. The number of hydrogen-bond donors (Lipinski definition) is 2. The lowest BCUT2D eigenvalue weighted by Crippen LogP contribution is -2.44. The van der Waals surface area contributed by atoms with E-state index in [1.165, 1.54) is 0 Å². The Morgan fingerprint density at radius 2 is 1.77 bits per heavy atom. The molecule has 4 rings (SSSR count). The summed E-state index contributed by atoms with van der Waals surface area (Å²) in [5, 5.41) is 10.5. The summed E-state index contributed by atoms with van der Waals surface area (Å²) >= 11 is 0. The molecule has 1 aliphatic heterocycles. The number of methoxy groups -OCH3 is 1. The van der Waals surface area contributed by atoms with Crippen LogP contribution in [0.5, 0.6) is 5.75 Å². The standard InChI is InChI=1S/C22H27N7O/c1-16-14-21(27-26-16)24-20-15-22(29-12-10-28(2)11-13-29)25-19(23-20)9-6-17-4-7-18(30-3)8-5-17/h4-9,14-15H,10-13H2,1-3H3,(H2,23,24,25,26,27)/b9-6+. The molecule has 2 aromatic heterocycles. The van der Waals surface area contributed by atoms with Gasteiger partial charge in [-0.25, -0.2) is 9.97 Å². The number of hydrogen-bond acceptors (Lipinski definition) is 7. The van der Waals surface area contributed by atoms with Crippen LogP contribution in [0.25, 0.3) is 12.2 Å². The second-order valence-corrected chi connectivity index (χ2v) is 7.43. The number of anilines is 3. The zero-order valence-corrected chi connectivity index (χ0v) is 17.6. The molecule has 0 saturated carbocycles. The van der Waals surface area contributed by atoms with Crippen LogP contribution < -0.4 is 15.0 Å². The molecule has 0 atom stereocenters. The Hall–Kier alpha value is -3.39. The number of piperazine rings is 1. The van der Waals surface area contributed by atoms with Crippen LogP contribution in [0.2, 0.25) is 0 Å². The van der Waals surface area contributed by atoms with Gasteiger partial charge in [-0.05, 0) is 37.7 Å². The third-order valence-corrected chi connectivity index (χ3v) is 5.06. The van der Waals surface area contributed by atoms with E-state index in [9.17, 15) is 0 Å². The molecular weight excluding hydrogens is 378 g/mol. The molecule has 30 heavy (non-hydrogen) atoms. The van der Waals surface area contributed by atoms with Crippen molar-refractivity contribution in [2.45, 2.75) is 6.92 Å². The highest BCUT2D eigenvalue weighted by Crippen LogP contribution is 2.21. The zero-order chi connectivity index (χ0) is 20.9. The van der Waals surface area contributed by atoms with Crippen LogP contribution in [0.3, 0.4) is 0 Å². The predicted molar refractivity (Wildman–Crippen MR) is 120 cm³/mol. The Labute approximate surface area is 176 Å². The van der Waals surface area contributed by atoms with Crippen molar-refractivity contribution in [3.05, 3.63) is 53.5 Å². The molecule has 3 aromatic rings. The number of H-pyrrole nitrogens is 1. The first kappa shape index (κ1) is 19.9. The van der Waals surface area contributed by atoms with E-state index in [1.54, 1.807) is 7.11 Å². The summed E-state index contributed by atoms with van der Waals surface area (Å²) in [4.78, 5) is 14.1. The van der Waals surface area contributed by atoms with Gasteiger partial charge in [0.25, 0.3) is 0 Å². The van der Waals surface area contributed by atoms with Crippen LogP contribution in [-0.4, -0.2) is 65.4 Å². The SMILES string of the molecule is COc1ccc(/C=C/c2nc(Nc3cc(C)[nH]n3)cc(N3CCN(C)CC3)n2)cc1. The fourth-order valence-corrected chi connectivity index (χ4v) is 3.29. The highest BCUT2D eigenvalue weighted by molar-refractivity contribution is 5.69. The lowest BCUT2D eigenvalue weighted by Gasteiger charge is -2.33. The molecule has 0 bridgehead atoms. The van der Waals surface area contributed by atoms with Crippen LogP contribution >= 0.6 is 0 Å². The van der Waals surface area contributed by atoms with Gasteiger partial charge in [-0.3, -0.25) is 5.10 Å². The monoisotopic (exact) mass is 405 g/mol. The van der Waals surface area contributed by atoms with Gasteiger partial charge in [0, 0.05) is 44.0 Å². The first-order chi connectivity index (χ1) is 14.6. The smallest absolute Gasteiger partial charge is 0.156 e. The Morgan fingerprint density at radius 3 is 2.43 bits per heavy atom. The first-order valence-corrected chi connectivity index (χ1v) is 10.0. The van der Waals surface area contributed by atoms with Gasteiger partial charge in [-0.15, -0.1) is 0 Å². The van der Waals surface area contributed by atoms with Gasteiger partial charge in [0.2, 0.25) is 0 Å². The van der Waals surface area contributed by atoms with Gasteiger partial charge in [0.15, 0.2) is 11.6 Å². The molecule has 0 unspecified atom stereocenters. The topological polar surface area (TPSA) is 82.2 Å². The summed E-state index contributed by atoms with van der Waals surface area (Å²) < 4.78 is 5.22. The summed E-state index contributed by atoms with van der Waals surface area (Å²) in [5.74, 6) is 3.86. The van der Waals surface area contributed by atoms with Crippen LogP contribution in [0, 0.1) is 6.92 Å². The van der Waals surface area contributed by atoms with Crippen molar-refractivity contribution in [3.63, 3.8) is 0 Å². The molecule has 0 radical (unpaired) electrons. The van der Waals surface area contributed by atoms with E-state index in [0.29, 0.717) is 5.82 Å². The molecule has 1 aromatic carbocycles. The Kier molecular flexibility index (Phi) is 5.94. The van der Waals surface area contributed by atoms with E-state index in [1.807, 2.05) is 55.5 Å². The van der Waals surface area contributed by atoms with E-state index >= 15 is 0 Å². The van der Waals surface area contributed by atoms with E-state index in [0.717, 1.165) is 60.6 Å². The van der Waals surface area contributed by atoms with Gasteiger partial charge in [0.1, 0.15) is 17.4 Å². The molecular formula is C22H27N7O. The van der Waals surface area contributed by atoms with Gasteiger partial charge >= 0.3 is 0 Å². The lowest BCUT2D eigenvalue weighted by atomic mass is 10.2. The quantitative estimate of drug-likeness (QED) is 0.652. The van der Waals surface area contributed by atoms with E-state index in [2.05, 4.69) is 37.3 Å². The molecule has 3 heterocycles. The zero-order valence-electron chi connectivity index (χ0n) is 17.6. The second-order valence-electron chi connectivity index (χ2n) is 7.43. The van der Waals surface area contributed by atoms with Crippen LogP contribution in [0.4, 0.5) is 17.5 Å². The Morgan fingerprint density at radius 1 is 1.00 bits per heavy atom. The minimum atomic E-state index is 0.650. The van der Waals surface area contributed by atoms with E-state index in [-0.39, 0.29) is 0 Å². The summed E-state index contributed by atoms with van der Waals surface area (Å²) in [7, 11) is 3.81. The van der Waals surface area contributed by atoms with Gasteiger partial charge in [-0.2, -0.15) is 5.10 Å². The number of likely N-dealkylation sites (N-methyl/N-ethyl adjacent to an activating group) is 1. The first-order valence-electron chi connectivity index (χ1n) is 10.0. The largest absolute Gasteiger partial charge is 0.497 e. The Bertz CT molecular complexity index is 1000. The third-order valence-electron chi connectivity index (χ3n) is 5.06. The molecule has 2 N–H and O–H groups in total. The minimum Gasteiger partial charge on any atom is -0.497 e. The van der Waals surface area contributed by atoms with E-state index < -0.39 is 0 Å². The molecule has 1 aliphatic rings. The average molecular weight is 406 g/mol. The van der Waals surface area contributed by atoms with Crippen molar-refractivity contribution in [2.24, 2.45) is 0 Å². The average Bonchev–Trinajstić information content (AvgIpc) is 3.17. The summed E-state index contributed by atoms with van der Waals surface area (Å²) in [6, 6.07) is 11.8. The number of aryl methyl sites for hydroxylation is 1. The molecule has 156 valence electrons. The van der Waals surface area contributed by atoms with Crippen LogP contribution in [0.1, 0.15) is 17.1 Å². The fraction of sp³-hybridized carbons (Fsp3) is 0.318. The maximum atomic E-state index is 5.22. The molecule has 0 spiro atoms. The summed E-state index contributed by atoms with van der Waals surface area (Å²) in [6.45, 7) is 5.88. The van der Waals surface area contributed by atoms with Crippen LogP contribution in [-0.2, 0) is 0 Å². The van der Waals surface area contributed by atoms with Gasteiger partial charge < -0.3 is 19.9 Å². The minimum absolute atomic E-state index is 0.650. The second kappa shape index (κ2) is 8.96. The molecule has 8 nitrogen and oxygen atoms in total. The van der Waals surface area contributed by atoms with Gasteiger partial charge in [0.05, 0.1) is 7.11 Å². The molecule has 0 aliphatic carbocycles. The van der Waals surface area contributed by atoms with Gasteiger partial charge in [-0.1, -0.05) is 18.2 Å². The van der Waals surface area contributed by atoms with Crippen molar-refractivity contribution in [1.82, 2.24) is 25.1 Å². The van der Waals surface area contributed by atoms with Crippen molar-refractivity contribution < 1.29 is 4.74 Å². The van der Waals surface area contributed by atoms with Crippen molar-refractivity contribution in [1.29, 1.82) is 0 Å². The van der Waals surface area contributed by atoms with Crippen molar-refractivity contribution in [3.8, 4) is 5.75 Å². The molecule has 0 amide bonds. The molecule has 1 saturated heterocycles. The number of rotatable bonds is 6. The number of ether oxygens (including phenoxy) is 1. The lowest BCUT2D eigenvalue weighted by molar-refractivity contribution is 0.312. The number of benzene rings is 1. The highest BCUT2D eigenvalue weighted by atomic mass is 16.5. The maximum absolute atomic E-state index is 5.22. The highest BCUT2D eigenvalue weighted by Gasteiger charge is 2.17. The van der Waals surface area contributed by atoms with Crippen molar-refractivity contribution >= 4 is 29.6 Å². The Balaban J connectivity index is 1.60. The van der Waals surface area contributed by atoms with Crippen LogP contribution in [0.15, 0.2) is 36.4 Å². The summed E-state index contributed by atoms with van der Waals surface area (Å²) in [6.07, 6.45) is 3.94. The van der Waals surface area contributed by atoms with Crippen molar-refractivity contribution in [2.75, 3.05) is 50.6 Å². The normalized spacial score (nSPS) is 15.0. The fourth-order valence-electron chi connectivity index (χ4n) is 3.29. The van der Waals surface area contributed by atoms with E-state index in [4.69, 9.17) is 9.72 Å². The summed E-state index contributed by atoms with van der Waals surface area (Å²) in [5.41, 5.74) is 2.05. The molecule has 8 heteroatoms. The third kappa shape index (κ3) is 4.96. The predicted octanol–water partition coefficient (Wildman–Crippen LogP) is 3.18. The number of nitrogens with one attached hydrogen (secondary N) is 2. The number of aromatic amines is 1. The number of aromatic nitrogens is 4. The molecule has 1 fully saturated rings. The number of nitrogens with zero attached hydrogens (tertiary/aromatic N) is 5.